The molecule has 0 aliphatic heterocycles. The Hall–Kier alpha value is -2.32. The fourth-order valence-corrected chi connectivity index (χ4v) is 8.11. The van der Waals surface area contributed by atoms with Crippen LogP contribution in [0.2, 0.25) is 0 Å². The Labute approximate surface area is 407 Å². The summed E-state index contributed by atoms with van der Waals surface area (Å²) in [5.74, 6) is -0.191. The van der Waals surface area contributed by atoms with E-state index < -0.39 is 20.0 Å². The molecular formula is C57H104N2O6P+. The average Bonchev–Trinajstić information content (AvgIpc) is 3.28. The first kappa shape index (κ1) is 63.7. The van der Waals surface area contributed by atoms with Gasteiger partial charge in [-0.05, 0) is 77.0 Å². The number of unbranched alkanes of at least 4 members (excludes halogenated alkanes) is 23. The van der Waals surface area contributed by atoms with Gasteiger partial charge < -0.3 is 19.8 Å². The molecule has 0 saturated heterocycles. The molecule has 0 radical (unpaired) electrons. The molecule has 0 bridgehead atoms. The van der Waals surface area contributed by atoms with Crippen molar-refractivity contribution in [3.63, 3.8) is 0 Å². The fraction of sp³-hybridized carbons (Fsp3) is 0.737. The summed E-state index contributed by atoms with van der Waals surface area (Å²) < 4.78 is 23.5. The van der Waals surface area contributed by atoms with Crippen molar-refractivity contribution in [1.29, 1.82) is 0 Å². The molecule has 3 atom stereocenters. The van der Waals surface area contributed by atoms with Gasteiger partial charge in [-0.1, -0.05) is 221 Å². The number of carbonyl (C=O) groups is 1. The highest BCUT2D eigenvalue weighted by Crippen LogP contribution is 2.43. The number of amides is 1. The minimum absolute atomic E-state index is 0.0541. The van der Waals surface area contributed by atoms with E-state index in [1.165, 1.54) is 128 Å². The Morgan fingerprint density at radius 1 is 0.530 bits per heavy atom. The van der Waals surface area contributed by atoms with Gasteiger partial charge in [0.25, 0.3) is 0 Å². The van der Waals surface area contributed by atoms with Crippen molar-refractivity contribution in [3.8, 4) is 0 Å². The molecule has 382 valence electrons. The number of allylic oxidation sites excluding steroid dienone is 13. The van der Waals surface area contributed by atoms with Crippen LogP contribution in [0.25, 0.3) is 0 Å². The average molecular weight is 944 g/mol. The van der Waals surface area contributed by atoms with E-state index in [-0.39, 0.29) is 19.1 Å². The van der Waals surface area contributed by atoms with Gasteiger partial charge in [-0.25, -0.2) is 4.57 Å². The molecule has 0 rings (SSSR count). The van der Waals surface area contributed by atoms with Gasteiger partial charge in [-0.2, -0.15) is 0 Å². The molecule has 0 heterocycles. The number of aliphatic hydroxyl groups is 1. The summed E-state index contributed by atoms with van der Waals surface area (Å²) in [5.41, 5.74) is 0. The maximum atomic E-state index is 12.9. The van der Waals surface area contributed by atoms with Crippen molar-refractivity contribution in [2.45, 2.75) is 231 Å². The number of phosphoric ester groups is 1. The summed E-state index contributed by atoms with van der Waals surface area (Å²) >= 11 is 0. The van der Waals surface area contributed by atoms with Crippen molar-refractivity contribution >= 4 is 13.7 Å². The minimum Gasteiger partial charge on any atom is -0.387 e. The highest BCUT2D eigenvalue weighted by Gasteiger charge is 2.27. The summed E-state index contributed by atoms with van der Waals surface area (Å²) in [6.45, 7) is 4.62. The van der Waals surface area contributed by atoms with Gasteiger partial charge in [-0.3, -0.25) is 13.8 Å². The Bertz CT molecular complexity index is 1350. The number of hydrogen-bond donors (Lipinski definition) is 3. The zero-order valence-electron chi connectivity index (χ0n) is 43.4. The van der Waals surface area contributed by atoms with Gasteiger partial charge >= 0.3 is 7.82 Å². The summed E-state index contributed by atoms with van der Waals surface area (Å²) in [4.78, 5) is 23.1. The summed E-state index contributed by atoms with van der Waals surface area (Å²) in [5, 5.41) is 13.8. The van der Waals surface area contributed by atoms with E-state index in [4.69, 9.17) is 9.05 Å². The molecule has 0 aliphatic carbocycles. The number of phosphoric acid groups is 1. The summed E-state index contributed by atoms with van der Waals surface area (Å²) in [7, 11) is 1.55. The molecule has 0 spiro atoms. The van der Waals surface area contributed by atoms with E-state index in [1.807, 2.05) is 27.2 Å². The Kier molecular flexibility index (Phi) is 46.1. The first-order valence-electron chi connectivity index (χ1n) is 27.0. The van der Waals surface area contributed by atoms with Crippen LogP contribution in [0, 0.1) is 0 Å². The lowest BCUT2D eigenvalue weighted by Gasteiger charge is -2.25. The van der Waals surface area contributed by atoms with Crippen LogP contribution in [-0.4, -0.2) is 73.4 Å². The number of hydrogen-bond acceptors (Lipinski definition) is 5. The van der Waals surface area contributed by atoms with E-state index in [2.05, 4.69) is 92.1 Å². The zero-order valence-corrected chi connectivity index (χ0v) is 44.3. The molecule has 3 unspecified atom stereocenters. The first-order chi connectivity index (χ1) is 32.0. The largest absolute Gasteiger partial charge is 0.472 e. The third-order valence-corrected chi connectivity index (χ3v) is 12.6. The van der Waals surface area contributed by atoms with Crippen LogP contribution in [0.1, 0.15) is 219 Å². The monoisotopic (exact) mass is 944 g/mol. The zero-order chi connectivity index (χ0) is 48.5. The van der Waals surface area contributed by atoms with Crippen LogP contribution in [0.4, 0.5) is 0 Å². The number of nitrogens with zero attached hydrogens (tertiary/aromatic N) is 1. The maximum Gasteiger partial charge on any atom is 0.472 e. The molecule has 0 aromatic rings. The maximum absolute atomic E-state index is 12.9. The predicted octanol–water partition coefficient (Wildman–Crippen LogP) is 16.1. The van der Waals surface area contributed by atoms with Crippen molar-refractivity contribution < 1.29 is 32.9 Å². The summed E-state index contributed by atoms with van der Waals surface area (Å²) in [6, 6.07) is -0.863. The lowest BCUT2D eigenvalue weighted by molar-refractivity contribution is -0.870. The van der Waals surface area contributed by atoms with Gasteiger partial charge in [0.15, 0.2) is 0 Å². The Balaban J connectivity index is 3.94. The number of nitrogens with one attached hydrogen (secondary N) is 1. The Morgan fingerprint density at radius 2 is 0.924 bits per heavy atom. The second-order valence-electron chi connectivity index (χ2n) is 19.2. The van der Waals surface area contributed by atoms with Crippen molar-refractivity contribution in [1.82, 2.24) is 5.32 Å². The molecule has 0 aromatic heterocycles. The van der Waals surface area contributed by atoms with Crippen LogP contribution in [0.15, 0.2) is 85.1 Å². The number of quaternary nitrogens is 1. The quantitative estimate of drug-likeness (QED) is 0.0243. The van der Waals surface area contributed by atoms with E-state index >= 15 is 0 Å². The highest BCUT2D eigenvalue weighted by atomic mass is 31.2. The molecule has 3 N–H and O–H groups in total. The molecular weight excluding hydrogens is 840 g/mol. The van der Waals surface area contributed by atoms with E-state index in [1.54, 1.807) is 6.08 Å². The molecule has 0 aliphatic rings. The molecule has 8 nitrogen and oxygen atoms in total. The van der Waals surface area contributed by atoms with Crippen LogP contribution in [0.5, 0.6) is 0 Å². The second kappa shape index (κ2) is 47.7. The second-order valence-corrected chi connectivity index (χ2v) is 20.7. The van der Waals surface area contributed by atoms with Crippen molar-refractivity contribution in [2.75, 3.05) is 40.9 Å². The first-order valence-corrected chi connectivity index (χ1v) is 28.5. The minimum atomic E-state index is -4.34. The highest BCUT2D eigenvalue weighted by molar-refractivity contribution is 7.47. The summed E-state index contributed by atoms with van der Waals surface area (Å²) in [6.07, 6.45) is 67.1. The lowest BCUT2D eigenvalue weighted by atomic mass is 10.0. The van der Waals surface area contributed by atoms with Crippen LogP contribution in [-0.2, 0) is 18.4 Å². The smallest absolute Gasteiger partial charge is 0.387 e. The van der Waals surface area contributed by atoms with Gasteiger partial charge in [0.1, 0.15) is 13.2 Å². The van der Waals surface area contributed by atoms with Gasteiger partial charge in [0.2, 0.25) is 5.91 Å². The molecule has 0 fully saturated rings. The number of carbonyl (C=O) groups excluding carboxylic acids is 1. The SMILES string of the molecule is CC/C=C\C/C=C\C/C=C\C/C=C\C/C=C\CCCCCCCCCCCCCCCCCCCCCC(=O)NC(COP(=O)(O)OCC[N+](C)(C)C)C(O)/C=C/CC/C=C/CCCCC. The third-order valence-electron chi connectivity index (χ3n) is 11.6. The van der Waals surface area contributed by atoms with Crippen molar-refractivity contribution in [3.05, 3.63) is 85.1 Å². The number of rotatable bonds is 48. The lowest BCUT2D eigenvalue weighted by Crippen LogP contribution is -2.45. The number of likely N-dealkylation sites (N-methyl/N-ethyl adjacent to an activating group) is 1. The van der Waals surface area contributed by atoms with Crippen LogP contribution < -0.4 is 5.32 Å². The third kappa shape index (κ3) is 49.6. The van der Waals surface area contributed by atoms with Crippen LogP contribution in [0.3, 0.4) is 0 Å². The predicted molar refractivity (Wildman–Crippen MR) is 286 cm³/mol. The molecule has 66 heavy (non-hydrogen) atoms. The molecule has 1 amide bonds. The number of aliphatic hydroxyl groups excluding tert-OH is 1. The molecule has 0 aromatic carbocycles. The van der Waals surface area contributed by atoms with Gasteiger partial charge in [-0.15, -0.1) is 0 Å². The van der Waals surface area contributed by atoms with Crippen molar-refractivity contribution in [2.24, 2.45) is 0 Å². The van der Waals surface area contributed by atoms with Crippen LogP contribution >= 0.6 is 7.82 Å². The van der Waals surface area contributed by atoms with E-state index in [0.29, 0.717) is 17.4 Å². The molecule has 0 saturated carbocycles. The van der Waals surface area contributed by atoms with E-state index in [0.717, 1.165) is 70.6 Å². The van der Waals surface area contributed by atoms with Gasteiger partial charge in [0.05, 0.1) is 39.9 Å². The van der Waals surface area contributed by atoms with E-state index in [9.17, 15) is 19.4 Å². The normalized spacial score (nSPS) is 14.7. The topological polar surface area (TPSA) is 105 Å². The standard InChI is InChI=1S/C57H103N2O6P/c1-6-8-10-12-14-16-17-18-19-20-21-22-23-24-25-26-27-28-29-30-31-32-33-34-35-36-37-38-39-40-41-43-45-47-49-51-57(61)58-55(54-65-66(62,63)64-53-52-59(3,4)5)56(60)50-48-46-44-42-15-13-11-9-7-2/h8,10,14-16,18-19,21-22,24-25,42,48,50,55-56,60H,6-7,9,11-13,17,20,23,26-41,43-47,49,51-54H2,1-5H3,(H-,58,61,62,63)/p+1/b10-8-,16-14-,19-18-,22-21-,25-24-,42-15+,50-48+. The fourth-order valence-electron chi connectivity index (χ4n) is 7.38. The van der Waals surface area contributed by atoms with Gasteiger partial charge in [0, 0.05) is 6.42 Å². The molecule has 9 heteroatoms. The Morgan fingerprint density at radius 3 is 1.39 bits per heavy atom.